The first kappa shape index (κ1) is 12.9. The summed E-state index contributed by atoms with van der Waals surface area (Å²) in [6.45, 7) is 1.96. The fraction of sp³-hybridized carbons (Fsp3) is 0.143. The van der Waals surface area contributed by atoms with Gasteiger partial charge in [-0.05, 0) is 40.5 Å². The highest BCUT2D eigenvalue weighted by molar-refractivity contribution is 9.10. The summed E-state index contributed by atoms with van der Waals surface area (Å²) in [5, 5.41) is 4.05. The van der Waals surface area contributed by atoms with Gasteiger partial charge in [0.05, 0.1) is 12.0 Å². The summed E-state index contributed by atoms with van der Waals surface area (Å²) in [5.41, 5.74) is 2.92. The summed E-state index contributed by atoms with van der Waals surface area (Å²) in [6.07, 6.45) is 5.21. The van der Waals surface area contributed by atoms with Gasteiger partial charge >= 0.3 is 0 Å². The van der Waals surface area contributed by atoms with E-state index in [4.69, 9.17) is 0 Å². The Morgan fingerprint density at radius 3 is 2.95 bits per heavy atom. The van der Waals surface area contributed by atoms with Crippen molar-refractivity contribution in [3.63, 3.8) is 0 Å². The van der Waals surface area contributed by atoms with Crippen molar-refractivity contribution in [2.45, 2.75) is 13.3 Å². The predicted octanol–water partition coefficient (Wildman–Crippen LogP) is 2.62. The van der Waals surface area contributed by atoms with Crippen LogP contribution in [0.1, 0.15) is 21.6 Å². The van der Waals surface area contributed by atoms with E-state index in [1.165, 1.54) is 6.33 Å². The number of aromatic nitrogens is 4. The van der Waals surface area contributed by atoms with E-state index in [0.29, 0.717) is 11.2 Å². The van der Waals surface area contributed by atoms with Gasteiger partial charge in [-0.25, -0.2) is 9.50 Å². The molecule has 100 valence electrons. The molecule has 0 N–H and O–H groups in total. The zero-order chi connectivity index (χ0) is 14.1. The summed E-state index contributed by atoms with van der Waals surface area (Å²) < 4.78 is 2.37. The van der Waals surface area contributed by atoms with Crippen molar-refractivity contribution in [1.29, 1.82) is 0 Å². The second-order valence-electron chi connectivity index (χ2n) is 4.53. The first-order valence-electron chi connectivity index (χ1n) is 6.07. The molecule has 0 fully saturated rings. The molecule has 0 atom stereocenters. The quantitative estimate of drug-likeness (QED) is 0.692. The second-order valence-corrected chi connectivity index (χ2v) is 5.44. The molecule has 0 aliphatic rings. The largest absolute Gasteiger partial charge is 0.294 e. The van der Waals surface area contributed by atoms with E-state index in [0.717, 1.165) is 15.7 Å². The van der Waals surface area contributed by atoms with Gasteiger partial charge in [-0.15, -0.1) is 0 Å². The van der Waals surface area contributed by atoms with Crippen LogP contribution < -0.4 is 0 Å². The van der Waals surface area contributed by atoms with Crippen molar-refractivity contribution in [3.05, 3.63) is 58.2 Å². The molecule has 5 nitrogen and oxygen atoms in total. The lowest BCUT2D eigenvalue weighted by molar-refractivity contribution is 0.0993. The minimum absolute atomic E-state index is 0.0272. The maximum atomic E-state index is 12.4. The standard InChI is InChI=1S/C14H11BrN4O/c1-9-2-3-11(16-6-9)5-13(20)12-4-10(15)7-19-14(12)17-8-18-19/h2-4,6-8H,5H2,1H3. The van der Waals surface area contributed by atoms with E-state index in [9.17, 15) is 4.79 Å². The first-order chi connectivity index (χ1) is 9.63. The van der Waals surface area contributed by atoms with Crippen LogP contribution in [0.25, 0.3) is 5.65 Å². The van der Waals surface area contributed by atoms with Crippen LogP contribution in [0.2, 0.25) is 0 Å². The number of carbonyl (C=O) groups excluding carboxylic acids is 1. The number of aryl methyl sites for hydroxylation is 1. The van der Waals surface area contributed by atoms with Crippen LogP contribution in [-0.2, 0) is 6.42 Å². The smallest absolute Gasteiger partial charge is 0.172 e. The van der Waals surface area contributed by atoms with Crippen molar-refractivity contribution in [3.8, 4) is 0 Å². The van der Waals surface area contributed by atoms with Crippen LogP contribution >= 0.6 is 15.9 Å². The van der Waals surface area contributed by atoms with Crippen molar-refractivity contribution < 1.29 is 4.79 Å². The van der Waals surface area contributed by atoms with Gasteiger partial charge in [0.2, 0.25) is 0 Å². The Kier molecular flexibility index (Phi) is 3.31. The highest BCUT2D eigenvalue weighted by Crippen LogP contribution is 2.17. The molecule has 0 aliphatic heterocycles. The summed E-state index contributed by atoms with van der Waals surface area (Å²) in [4.78, 5) is 20.8. The number of hydrogen-bond donors (Lipinski definition) is 0. The Bertz CT molecular complexity index is 779. The molecule has 3 aromatic rings. The highest BCUT2D eigenvalue weighted by Gasteiger charge is 2.14. The van der Waals surface area contributed by atoms with Crippen LogP contribution in [0.5, 0.6) is 0 Å². The average molecular weight is 331 g/mol. The van der Waals surface area contributed by atoms with Gasteiger partial charge in [0.15, 0.2) is 11.4 Å². The normalized spacial score (nSPS) is 10.9. The van der Waals surface area contributed by atoms with Gasteiger partial charge < -0.3 is 0 Å². The minimum atomic E-state index is -0.0272. The molecule has 20 heavy (non-hydrogen) atoms. The number of fused-ring (bicyclic) bond motifs is 1. The summed E-state index contributed by atoms with van der Waals surface area (Å²) in [6, 6.07) is 5.58. The molecule has 0 unspecified atom stereocenters. The van der Waals surface area contributed by atoms with Gasteiger partial charge in [0, 0.05) is 22.6 Å². The van der Waals surface area contributed by atoms with E-state index in [-0.39, 0.29) is 12.2 Å². The first-order valence-corrected chi connectivity index (χ1v) is 6.86. The zero-order valence-electron chi connectivity index (χ0n) is 10.7. The molecule has 0 bridgehead atoms. The van der Waals surface area contributed by atoms with E-state index < -0.39 is 0 Å². The third-order valence-electron chi connectivity index (χ3n) is 2.96. The minimum Gasteiger partial charge on any atom is -0.294 e. The summed E-state index contributed by atoms with van der Waals surface area (Å²) in [5.74, 6) is -0.0272. The molecule has 3 heterocycles. The Morgan fingerprint density at radius 1 is 1.35 bits per heavy atom. The van der Waals surface area contributed by atoms with E-state index in [2.05, 4.69) is 31.0 Å². The monoisotopic (exact) mass is 330 g/mol. The van der Waals surface area contributed by atoms with E-state index in [1.54, 1.807) is 23.0 Å². The SMILES string of the molecule is Cc1ccc(CC(=O)c2cc(Br)cn3ncnc23)nc1. The van der Waals surface area contributed by atoms with Crippen molar-refractivity contribution in [2.75, 3.05) is 0 Å². The van der Waals surface area contributed by atoms with Gasteiger partial charge in [0.25, 0.3) is 0 Å². The maximum Gasteiger partial charge on any atom is 0.172 e. The van der Waals surface area contributed by atoms with Gasteiger partial charge in [-0.2, -0.15) is 5.10 Å². The van der Waals surface area contributed by atoms with Crippen LogP contribution in [0.4, 0.5) is 0 Å². The molecule has 0 amide bonds. The van der Waals surface area contributed by atoms with E-state index in [1.807, 2.05) is 19.1 Å². The van der Waals surface area contributed by atoms with Crippen LogP contribution in [0.3, 0.4) is 0 Å². The molecule has 0 radical (unpaired) electrons. The van der Waals surface area contributed by atoms with E-state index >= 15 is 0 Å². The fourth-order valence-corrected chi connectivity index (χ4v) is 2.38. The summed E-state index contributed by atoms with van der Waals surface area (Å²) in [7, 11) is 0. The molecule has 3 rings (SSSR count). The number of nitrogens with zero attached hydrogens (tertiary/aromatic N) is 4. The zero-order valence-corrected chi connectivity index (χ0v) is 12.3. The number of ketones is 1. The molecule has 0 saturated carbocycles. The molecular formula is C14H11BrN4O. The number of rotatable bonds is 3. The summed E-state index contributed by atoms with van der Waals surface area (Å²) >= 11 is 3.37. The number of Topliss-reactive ketones (excluding diaryl/α,β-unsaturated/α-hetero) is 1. The highest BCUT2D eigenvalue weighted by atomic mass is 79.9. The number of pyridine rings is 2. The third-order valence-corrected chi connectivity index (χ3v) is 3.39. The fourth-order valence-electron chi connectivity index (χ4n) is 1.96. The average Bonchev–Trinajstić information content (AvgIpc) is 2.88. The molecule has 3 aromatic heterocycles. The van der Waals surface area contributed by atoms with Crippen molar-refractivity contribution in [2.24, 2.45) is 0 Å². The lowest BCUT2D eigenvalue weighted by atomic mass is 10.1. The Morgan fingerprint density at radius 2 is 2.20 bits per heavy atom. The topological polar surface area (TPSA) is 60.2 Å². The van der Waals surface area contributed by atoms with Crippen LogP contribution in [0, 0.1) is 6.92 Å². The molecular weight excluding hydrogens is 320 g/mol. The van der Waals surface area contributed by atoms with Crippen LogP contribution in [-0.4, -0.2) is 25.4 Å². The lowest BCUT2D eigenvalue weighted by Crippen LogP contribution is -2.08. The van der Waals surface area contributed by atoms with Gasteiger partial charge in [0.1, 0.15) is 6.33 Å². The second kappa shape index (κ2) is 5.13. The van der Waals surface area contributed by atoms with Gasteiger partial charge in [-0.1, -0.05) is 6.07 Å². The lowest BCUT2D eigenvalue weighted by Gasteiger charge is -2.04. The molecule has 0 aliphatic carbocycles. The Balaban J connectivity index is 1.96. The predicted molar refractivity (Wildman–Crippen MR) is 77.7 cm³/mol. The number of halogens is 1. The Labute approximate surface area is 123 Å². The number of hydrogen-bond acceptors (Lipinski definition) is 4. The van der Waals surface area contributed by atoms with Crippen LogP contribution in [0.15, 0.2) is 41.4 Å². The third kappa shape index (κ3) is 2.46. The van der Waals surface area contributed by atoms with Gasteiger partial charge in [-0.3, -0.25) is 9.78 Å². The number of carbonyl (C=O) groups is 1. The molecule has 0 aromatic carbocycles. The Hall–Kier alpha value is -2.08. The molecule has 6 heteroatoms. The molecule has 0 saturated heterocycles. The molecule has 0 spiro atoms. The van der Waals surface area contributed by atoms with Crippen molar-refractivity contribution >= 4 is 27.4 Å². The maximum absolute atomic E-state index is 12.4. The van der Waals surface area contributed by atoms with Crippen molar-refractivity contribution in [1.82, 2.24) is 19.6 Å².